The van der Waals surface area contributed by atoms with Crippen molar-refractivity contribution < 1.29 is 22.0 Å². The molecule has 2 N–H and O–H groups in total. The van der Waals surface area contributed by atoms with E-state index in [0.717, 1.165) is 12.0 Å². The first-order chi connectivity index (χ1) is 16.2. The molecular weight excluding hydrogens is 462 g/mol. The number of anilines is 2. The van der Waals surface area contributed by atoms with E-state index in [4.69, 9.17) is 0 Å². The lowest BCUT2D eigenvalue weighted by molar-refractivity contribution is 0.102. The van der Waals surface area contributed by atoms with Crippen LogP contribution in [0.3, 0.4) is 0 Å². The predicted octanol–water partition coefficient (Wildman–Crippen LogP) is 3.32. The van der Waals surface area contributed by atoms with E-state index in [0.29, 0.717) is 48.5 Å². The van der Waals surface area contributed by atoms with E-state index in [1.165, 1.54) is 24.3 Å². The normalized spacial score (nSPS) is 20.7. The molecule has 10 heteroatoms. The van der Waals surface area contributed by atoms with Crippen LogP contribution in [0.1, 0.15) is 22.5 Å². The summed E-state index contributed by atoms with van der Waals surface area (Å²) < 4.78 is 52.0. The molecule has 180 valence electrons. The lowest BCUT2D eigenvalue weighted by atomic mass is 10.1. The monoisotopic (exact) mass is 488 g/mol. The molecule has 5 rings (SSSR count). The van der Waals surface area contributed by atoms with Crippen molar-refractivity contribution in [3.05, 3.63) is 59.3 Å². The third kappa shape index (κ3) is 4.52. The molecule has 2 aromatic carbocycles. The maximum Gasteiger partial charge on any atom is 0.272 e. The lowest BCUT2D eigenvalue weighted by Gasteiger charge is -2.32. The topological polar surface area (TPSA) is 85.5 Å². The van der Waals surface area contributed by atoms with Crippen molar-refractivity contribution in [2.45, 2.75) is 19.4 Å². The first-order valence-electron chi connectivity index (χ1n) is 11.3. The van der Waals surface area contributed by atoms with E-state index in [1.807, 2.05) is 11.8 Å². The molecule has 0 bridgehead atoms. The van der Waals surface area contributed by atoms with E-state index < -0.39 is 27.4 Å². The maximum absolute atomic E-state index is 14.4. The average Bonchev–Trinajstić information content (AvgIpc) is 3.45. The van der Waals surface area contributed by atoms with Crippen LogP contribution in [0.25, 0.3) is 10.9 Å². The van der Waals surface area contributed by atoms with Gasteiger partial charge in [-0.1, -0.05) is 6.07 Å². The Labute approximate surface area is 196 Å². The second kappa shape index (κ2) is 8.66. The van der Waals surface area contributed by atoms with Gasteiger partial charge in [0.2, 0.25) is 0 Å². The zero-order valence-electron chi connectivity index (χ0n) is 18.8. The van der Waals surface area contributed by atoms with Gasteiger partial charge in [0.05, 0.1) is 17.0 Å². The van der Waals surface area contributed by atoms with Gasteiger partial charge in [-0.2, -0.15) is 0 Å². The molecule has 0 radical (unpaired) electrons. The largest absolute Gasteiger partial charge is 0.370 e. The number of rotatable bonds is 4. The average molecular weight is 489 g/mol. The number of sulfone groups is 1. The summed E-state index contributed by atoms with van der Waals surface area (Å²) in [7, 11) is -2.94. The summed E-state index contributed by atoms with van der Waals surface area (Å²) in [5.41, 5.74) is 2.52. The van der Waals surface area contributed by atoms with Crippen LogP contribution in [-0.4, -0.2) is 67.9 Å². The molecular formula is C24H26F2N4O3S. The van der Waals surface area contributed by atoms with Gasteiger partial charge >= 0.3 is 0 Å². The molecule has 3 aromatic rings. The van der Waals surface area contributed by atoms with Crippen molar-refractivity contribution >= 4 is 38.0 Å². The number of hydrogen-bond donors (Lipinski definition) is 2. The fourth-order valence-corrected chi connectivity index (χ4v) is 6.07. The molecule has 0 aliphatic carbocycles. The first kappa shape index (κ1) is 22.8. The molecule has 0 spiro atoms. The van der Waals surface area contributed by atoms with E-state index in [2.05, 4.69) is 15.2 Å². The Morgan fingerprint density at radius 3 is 2.59 bits per heavy atom. The predicted molar refractivity (Wildman–Crippen MR) is 128 cm³/mol. The third-order valence-corrected chi connectivity index (χ3v) is 8.37. The number of halogens is 2. The number of aromatic nitrogens is 1. The molecule has 1 amide bonds. The quantitative estimate of drug-likeness (QED) is 0.589. The molecule has 2 saturated heterocycles. The Bertz CT molecular complexity index is 1320. The molecule has 3 heterocycles. The summed E-state index contributed by atoms with van der Waals surface area (Å²) in [6.07, 6.45) is 0.859. The summed E-state index contributed by atoms with van der Waals surface area (Å²) >= 11 is 0. The zero-order chi connectivity index (χ0) is 24.0. The van der Waals surface area contributed by atoms with Crippen molar-refractivity contribution in [3.8, 4) is 0 Å². The zero-order valence-corrected chi connectivity index (χ0v) is 19.6. The van der Waals surface area contributed by atoms with E-state index in [1.54, 1.807) is 12.1 Å². The second-order valence-electron chi connectivity index (χ2n) is 9.06. The summed E-state index contributed by atoms with van der Waals surface area (Å²) in [4.78, 5) is 20.0. The minimum Gasteiger partial charge on any atom is -0.370 e. The van der Waals surface area contributed by atoms with E-state index >= 15 is 0 Å². The van der Waals surface area contributed by atoms with Crippen LogP contribution in [-0.2, 0) is 9.84 Å². The van der Waals surface area contributed by atoms with Gasteiger partial charge < -0.3 is 15.2 Å². The van der Waals surface area contributed by atoms with E-state index in [-0.39, 0.29) is 23.2 Å². The highest BCUT2D eigenvalue weighted by molar-refractivity contribution is 7.91. The number of nitrogens with zero attached hydrogens (tertiary/aromatic N) is 2. The number of aromatic amines is 1. The van der Waals surface area contributed by atoms with Crippen molar-refractivity contribution in [2.24, 2.45) is 0 Å². The van der Waals surface area contributed by atoms with Gasteiger partial charge in [0, 0.05) is 49.0 Å². The Morgan fingerprint density at radius 1 is 1.09 bits per heavy atom. The molecule has 1 aromatic heterocycles. The Morgan fingerprint density at radius 2 is 1.85 bits per heavy atom. The minimum absolute atomic E-state index is 0.177. The smallest absolute Gasteiger partial charge is 0.272 e. The summed E-state index contributed by atoms with van der Waals surface area (Å²) in [6, 6.07) is 9.06. The van der Waals surface area contributed by atoms with E-state index in [9.17, 15) is 22.0 Å². The van der Waals surface area contributed by atoms with Crippen LogP contribution in [0.5, 0.6) is 0 Å². The number of aryl methyl sites for hydroxylation is 1. The molecule has 34 heavy (non-hydrogen) atoms. The number of carbonyl (C=O) groups excluding carboxylic acids is 1. The van der Waals surface area contributed by atoms with Crippen LogP contribution < -0.4 is 10.2 Å². The number of amides is 1. The van der Waals surface area contributed by atoms with Crippen molar-refractivity contribution in [1.29, 1.82) is 0 Å². The molecule has 2 aliphatic rings. The second-order valence-corrected chi connectivity index (χ2v) is 11.4. The molecule has 1 atom stereocenters. The standard InChI is InChI=1S/C24H26F2N4O3S/c1-15-2-3-21(26)20-13-22(28-23(15)20)24(31)27-17-10-16(25)11-19(12-17)30-5-4-18(14-30)29-6-8-34(32,33)9-7-29/h2-3,10-13,18,28H,4-9,14H2,1H3,(H,27,31). The van der Waals surface area contributed by atoms with Gasteiger partial charge in [-0.05, 0) is 49.2 Å². The van der Waals surface area contributed by atoms with Crippen LogP contribution in [0.15, 0.2) is 36.4 Å². The van der Waals surface area contributed by atoms with Gasteiger partial charge in [-0.25, -0.2) is 17.2 Å². The Kier molecular flexibility index (Phi) is 5.81. The number of H-pyrrole nitrogens is 1. The number of nitrogens with one attached hydrogen (secondary N) is 2. The number of benzene rings is 2. The summed E-state index contributed by atoms with van der Waals surface area (Å²) in [5, 5.41) is 3.04. The van der Waals surface area contributed by atoms with Gasteiger partial charge in [0.1, 0.15) is 17.3 Å². The van der Waals surface area contributed by atoms with Crippen molar-refractivity contribution in [2.75, 3.05) is 47.9 Å². The third-order valence-electron chi connectivity index (χ3n) is 6.76. The molecule has 2 aliphatic heterocycles. The minimum atomic E-state index is -2.94. The number of carbonyl (C=O) groups is 1. The van der Waals surface area contributed by atoms with Crippen molar-refractivity contribution in [1.82, 2.24) is 9.88 Å². The van der Waals surface area contributed by atoms with Crippen LogP contribution in [0.2, 0.25) is 0 Å². The molecule has 0 saturated carbocycles. The molecule has 2 fully saturated rings. The fraction of sp³-hybridized carbons (Fsp3) is 0.375. The SMILES string of the molecule is Cc1ccc(F)c2cc(C(=O)Nc3cc(F)cc(N4CCC(N5CCS(=O)(=O)CC5)C4)c3)[nH]c12. The Balaban J connectivity index is 1.30. The fourth-order valence-electron chi connectivity index (χ4n) is 4.84. The lowest BCUT2D eigenvalue weighted by Crippen LogP contribution is -2.47. The van der Waals surface area contributed by atoms with Crippen LogP contribution in [0, 0.1) is 18.6 Å². The van der Waals surface area contributed by atoms with Crippen molar-refractivity contribution in [3.63, 3.8) is 0 Å². The van der Waals surface area contributed by atoms with Crippen LogP contribution >= 0.6 is 0 Å². The highest BCUT2D eigenvalue weighted by atomic mass is 32.2. The van der Waals surface area contributed by atoms with Gasteiger partial charge in [0.25, 0.3) is 5.91 Å². The van der Waals surface area contributed by atoms with Gasteiger partial charge in [-0.15, -0.1) is 0 Å². The highest BCUT2D eigenvalue weighted by Crippen LogP contribution is 2.28. The summed E-state index contributed by atoms with van der Waals surface area (Å²) in [5.74, 6) is -1.02. The van der Waals surface area contributed by atoms with Gasteiger partial charge in [-0.3, -0.25) is 9.69 Å². The number of fused-ring (bicyclic) bond motifs is 1. The first-order valence-corrected chi connectivity index (χ1v) is 13.1. The maximum atomic E-state index is 14.4. The highest BCUT2D eigenvalue weighted by Gasteiger charge is 2.32. The number of hydrogen-bond acceptors (Lipinski definition) is 5. The summed E-state index contributed by atoms with van der Waals surface area (Å²) in [6.45, 7) is 4.25. The molecule has 7 nitrogen and oxygen atoms in total. The Hall–Kier alpha value is -2.98. The van der Waals surface area contributed by atoms with Gasteiger partial charge in [0.15, 0.2) is 9.84 Å². The van der Waals surface area contributed by atoms with Crippen LogP contribution in [0.4, 0.5) is 20.2 Å². The molecule has 1 unspecified atom stereocenters.